The molecule has 1 aromatic heterocycles. The van der Waals surface area contributed by atoms with Crippen LogP contribution in [-0.2, 0) is 14.3 Å². The van der Waals surface area contributed by atoms with E-state index in [1.54, 1.807) is 31.2 Å². The second-order valence-corrected chi connectivity index (χ2v) is 8.50. The first kappa shape index (κ1) is 23.2. The van der Waals surface area contributed by atoms with Crippen molar-refractivity contribution in [3.63, 3.8) is 0 Å². The van der Waals surface area contributed by atoms with Gasteiger partial charge in [0, 0.05) is 6.92 Å². The lowest BCUT2D eigenvalue weighted by molar-refractivity contribution is -0.136. The molecule has 0 spiro atoms. The fourth-order valence-corrected chi connectivity index (χ4v) is 4.85. The van der Waals surface area contributed by atoms with E-state index in [-0.39, 0.29) is 11.3 Å². The summed E-state index contributed by atoms with van der Waals surface area (Å²) in [7, 11) is 2.78. The van der Waals surface area contributed by atoms with Crippen molar-refractivity contribution in [2.24, 2.45) is 4.99 Å². The van der Waals surface area contributed by atoms with Crippen molar-refractivity contribution in [3.05, 3.63) is 90.6 Å². The van der Waals surface area contributed by atoms with Crippen LogP contribution in [0.15, 0.2) is 69.6 Å². The van der Waals surface area contributed by atoms with Gasteiger partial charge in [-0.1, -0.05) is 47.7 Å². The van der Waals surface area contributed by atoms with Gasteiger partial charge in [-0.25, -0.2) is 9.79 Å². The Labute approximate surface area is 199 Å². The summed E-state index contributed by atoms with van der Waals surface area (Å²) in [5, 5.41) is 0. The van der Waals surface area contributed by atoms with Crippen LogP contribution in [-0.4, -0.2) is 30.7 Å². The van der Waals surface area contributed by atoms with Gasteiger partial charge in [0.2, 0.25) is 0 Å². The van der Waals surface area contributed by atoms with Gasteiger partial charge in [0.1, 0.15) is 0 Å². The van der Waals surface area contributed by atoms with Crippen LogP contribution in [0, 0.1) is 0 Å². The first-order valence-electron chi connectivity index (χ1n) is 10.4. The Kier molecular flexibility index (Phi) is 6.47. The van der Waals surface area contributed by atoms with Crippen LogP contribution >= 0.6 is 11.3 Å². The SMILES string of the molecule is COC(=O)C1=C(C)N=c2s/c(=C/c3ccc(OC(C)=O)c(OC)c3)c(=O)n2C1c1ccccc1. The molecule has 174 valence electrons. The van der Waals surface area contributed by atoms with E-state index >= 15 is 0 Å². The Morgan fingerprint density at radius 1 is 1.09 bits per heavy atom. The second-order valence-electron chi connectivity index (χ2n) is 7.49. The molecule has 1 atom stereocenters. The molecule has 0 N–H and O–H groups in total. The first-order chi connectivity index (χ1) is 16.3. The van der Waals surface area contributed by atoms with Crippen molar-refractivity contribution in [2.75, 3.05) is 14.2 Å². The van der Waals surface area contributed by atoms with Crippen molar-refractivity contribution in [3.8, 4) is 11.5 Å². The molecule has 34 heavy (non-hydrogen) atoms. The standard InChI is InChI=1S/C25H22N2O6S/c1-14-21(24(30)32-4)22(17-8-6-5-7-9-17)27-23(29)20(34-25(27)26-14)13-16-10-11-18(33-15(2)28)19(12-16)31-3/h5-13,22H,1-4H3/b20-13+. The predicted molar refractivity (Wildman–Crippen MR) is 127 cm³/mol. The number of esters is 2. The maximum atomic E-state index is 13.5. The zero-order chi connectivity index (χ0) is 24.4. The highest BCUT2D eigenvalue weighted by Gasteiger charge is 2.32. The smallest absolute Gasteiger partial charge is 0.338 e. The molecule has 0 saturated heterocycles. The highest BCUT2D eigenvalue weighted by Crippen LogP contribution is 2.31. The van der Waals surface area contributed by atoms with E-state index in [0.717, 1.165) is 5.56 Å². The summed E-state index contributed by atoms with van der Waals surface area (Å²) < 4.78 is 17.4. The quantitative estimate of drug-likeness (QED) is 0.413. The van der Waals surface area contributed by atoms with Gasteiger partial charge < -0.3 is 14.2 Å². The maximum Gasteiger partial charge on any atom is 0.338 e. The number of methoxy groups -OCH3 is 2. The Hall–Kier alpha value is -3.98. The van der Waals surface area contributed by atoms with E-state index in [1.165, 1.54) is 37.0 Å². The molecule has 2 aromatic carbocycles. The molecule has 9 heteroatoms. The molecule has 1 aliphatic rings. The number of benzene rings is 2. The Morgan fingerprint density at radius 3 is 2.47 bits per heavy atom. The van der Waals surface area contributed by atoms with Crippen molar-refractivity contribution in [2.45, 2.75) is 19.9 Å². The number of thiazole rings is 1. The molecule has 0 bridgehead atoms. The molecule has 8 nitrogen and oxygen atoms in total. The van der Waals surface area contributed by atoms with Gasteiger partial charge in [0.15, 0.2) is 16.3 Å². The average molecular weight is 479 g/mol. The van der Waals surface area contributed by atoms with E-state index in [4.69, 9.17) is 14.2 Å². The van der Waals surface area contributed by atoms with Gasteiger partial charge in [-0.2, -0.15) is 0 Å². The molecule has 1 aliphatic heterocycles. The number of carbonyl (C=O) groups excluding carboxylic acids is 2. The van der Waals surface area contributed by atoms with E-state index in [0.29, 0.717) is 31.9 Å². The number of allylic oxidation sites excluding steroid dienone is 1. The van der Waals surface area contributed by atoms with Crippen molar-refractivity contribution in [1.82, 2.24) is 4.57 Å². The van der Waals surface area contributed by atoms with Gasteiger partial charge in [0.05, 0.1) is 36.1 Å². The van der Waals surface area contributed by atoms with E-state index in [1.807, 2.05) is 30.3 Å². The number of hydrogen-bond donors (Lipinski definition) is 0. The fourth-order valence-electron chi connectivity index (χ4n) is 3.81. The summed E-state index contributed by atoms with van der Waals surface area (Å²) >= 11 is 1.22. The van der Waals surface area contributed by atoms with Crippen molar-refractivity contribution < 1.29 is 23.8 Å². The van der Waals surface area contributed by atoms with Crippen LogP contribution < -0.4 is 24.4 Å². The topological polar surface area (TPSA) is 96.2 Å². The van der Waals surface area contributed by atoms with E-state index in [2.05, 4.69) is 4.99 Å². The van der Waals surface area contributed by atoms with Crippen molar-refractivity contribution >= 4 is 29.4 Å². The first-order valence-corrected chi connectivity index (χ1v) is 11.2. The van der Waals surface area contributed by atoms with Gasteiger partial charge in [-0.3, -0.25) is 14.2 Å². The Balaban J connectivity index is 1.89. The number of rotatable bonds is 5. The highest BCUT2D eigenvalue weighted by atomic mass is 32.1. The summed E-state index contributed by atoms with van der Waals surface area (Å²) in [5.74, 6) is -0.342. The predicted octanol–water partition coefficient (Wildman–Crippen LogP) is 2.34. The minimum atomic E-state index is -0.659. The summed E-state index contributed by atoms with van der Waals surface area (Å²) in [5.41, 5.74) is 1.99. The van der Waals surface area contributed by atoms with Gasteiger partial charge in [-0.05, 0) is 36.3 Å². The number of aromatic nitrogens is 1. The molecule has 0 aliphatic carbocycles. The molecule has 2 heterocycles. The van der Waals surface area contributed by atoms with Gasteiger partial charge in [-0.15, -0.1) is 0 Å². The molecule has 0 saturated carbocycles. The molecule has 3 aromatic rings. The third-order valence-electron chi connectivity index (χ3n) is 5.28. The molecule has 0 fully saturated rings. The molecule has 0 radical (unpaired) electrons. The zero-order valence-corrected chi connectivity index (χ0v) is 19.8. The monoisotopic (exact) mass is 478 g/mol. The number of ether oxygens (including phenoxy) is 3. The Morgan fingerprint density at radius 2 is 1.82 bits per heavy atom. The summed E-state index contributed by atoms with van der Waals surface area (Å²) in [6, 6.07) is 13.6. The van der Waals surface area contributed by atoms with Crippen LogP contribution in [0.5, 0.6) is 11.5 Å². The third kappa shape index (κ3) is 4.29. The van der Waals surface area contributed by atoms with Crippen LogP contribution in [0.1, 0.15) is 31.0 Å². The number of carbonyl (C=O) groups is 2. The lowest BCUT2D eigenvalue weighted by Gasteiger charge is -2.24. The second kappa shape index (κ2) is 9.48. The van der Waals surface area contributed by atoms with Gasteiger partial charge >= 0.3 is 11.9 Å². The lowest BCUT2D eigenvalue weighted by Crippen LogP contribution is -2.39. The lowest BCUT2D eigenvalue weighted by atomic mass is 9.96. The average Bonchev–Trinajstić information content (AvgIpc) is 3.13. The van der Waals surface area contributed by atoms with Crippen molar-refractivity contribution in [1.29, 1.82) is 0 Å². The fraction of sp³-hybridized carbons (Fsp3) is 0.200. The van der Waals surface area contributed by atoms with E-state index in [9.17, 15) is 14.4 Å². The van der Waals surface area contributed by atoms with Crippen LogP contribution in [0.3, 0.4) is 0 Å². The molecule has 4 rings (SSSR count). The highest BCUT2D eigenvalue weighted by molar-refractivity contribution is 7.07. The number of fused-ring (bicyclic) bond motifs is 1. The molecular formula is C25H22N2O6S. The minimum absolute atomic E-state index is 0.283. The molecular weight excluding hydrogens is 456 g/mol. The largest absolute Gasteiger partial charge is 0.493 e. The maximum absolute atomic E-state index is 13.5. The molecule has 1 unspecified atom stereocenters. The van der Waals surface area contributed by atoms with Crippen LogP contribution in [0.2, 0.25) is 0 Å². The summed E-state index contributed by atoms with van der Waals surface area (Å²) in [6.45, 7) is 3.04. The normalized spacial score (nSPS) is 15.4. The van der Waals surface area contributed by atoms with E-state index < -0.39 is 18.0 Å². The van der Waals surface area contributed by atoms with Gasteiger partial charge in [0.25, 0.3) is 5.56 Å². The number of nitrogens with zero attached hydrogens (tertiary/aromatic N) is 2. The van der Waals surface area contributed by atoms with Crippen LogP contribution in [0.4, 0.5) is 0 Å². The van der Waals surface area contributed by atoms with Crippen LogP contribution in [0.25, 0.3) is 6.08 Å². The Bertz CT molecular complexity index is 1480. The summed E-state index contributed by atoms with van der Waals surface area (Å²) in [4.78, 5) is 42.5. The zero-order valence-electron chi connectivity index (χ0n) is 19.0. The molecule has 0 amide bonds. The number of hydrogen-bond acceptors (Lipinski definition) is 8. The summed E-state index contributed by atoms with van der Waals surface area (Å²) in [6.07, 6.45) is 1.71. The third-order valence-corrected chi connectivity index (χ3v) is 6.26. The minimum Gasteiger partial charge on any atom is -0.493 e.